The van der Waals surface area contributed by atoms with Crippen LogP contribution in [0.2, 0.25) is 0 Å². The Kier molecular flexibility index (Phi) is 7.19. The lowest BCUT2D eigenvalue weighted by molar-refractivity contribution is 0.149. The summed E-state index contributed by atoms with van der Waals surface area (Å²) in [5.41, 5.74) is 5.54. The molecule has 0 unspecified atom stereocenters. The van der Waals surface area contributed by atoms with Crippen LogP contribution in [0.4, 0.5) is 4.79 Å². The SMILES string of the molecule is COCCN(CCc1csc2nc(-c3ccc(C)cc3)cn12)C(=O)NCc1ccccc1. The maximum Gasteiger partial charge on any atom is 0.317 e. The van der Waals surface area contributed by atoms with Gasteiger partial charge < -0.3 is 15.0 Å². The second kappa shape index (κ2) is 10.4. The summed E-state index contributed by atoms with van der Waals surface area (Å²) in [4.78, 5) is 20.4. The fourth-order valence-corrected chi connectivity index (χ4v) is 4.43. The Morgan fingerprint density at radius 2 is 1.91 bits per heavy atom. The first-order chi connectivity index (χ1) is 15.6. The van der Waals surface area contributed by atoms with E-state index >= 15 is 0 Å². The molecule has 0 aliphatic heterocycles. The second-order valence-electron chi connectivity index (χ2n) is 7.75. The first kappa shape index (κ1) is 22.0. The third kappa shape index (κ3) is 5.36. The molecule has 2 aromatic carbocycles. The van der Waals surface area contributed by atoms with Crippen LogP contribution < -0.4 is 5.32 Å². The summed E-state index contributed by atoms with van der Waals surface area (Å²) >= 11 is 1.63. The summed E-state index contributed by atoms with van der Waals surface area (Å²) in [6, 6.07) is 18.3. The number of aromatic nitrogens is 2. The number of amides is 2. The number of benzene rings is 2. The Morgan fingerprint density at radius 3 is 2.66 bits per heavy atom. The second-order valence-corrected chi connectivity index (χ2v) is 8.58. The van der Waals surface area contributed by atoms with Gasteiger partial charge in [-0.25, -0.2) is 9.78 Å². The van der Waals surface area contributed by atoms with Crippen molar-refractivity contribution in [3.8, 4) is 11.3 Å². The van der Waals surface area contributed by atoms with Crippen LogP contribution in [0.3, 0.4) is 0 Å². The van der Waals surface area contributed by atoms with Gasteiger partial charge in [-0.05, 0) is 12.5 Å². The Labute approximate surface area is 192 Å². The van der Waals surface area contributed by atoms with Gasteiger partial charge in [0.1, 0.15) is 0 Å². The number of thiazole rings is 1. The Bertz CT molecular complexity index is 1150. The van der Waals surface area contributed by atoms with E-state index < -0.39 is 0 Å². The van der Waals surface area contributed by atoms with Gasteiger partial charge in [0.25, 0.3) is 0 Å². The largest absolute Gasteiger partial charge is 0.383 e. The summed E-state index contributed by atoms with van der Waals surface area (Å²) in [5.74, 6) is 0. The number of aryl methyl sites for hydroxylation is 1. The van der Waals surface area contributed by atoms with Crippen molar-refractivity contribution in [3.05, 3.63) is 83.0 Å². The average Bonchev–Trinajstić information content (AvgIpc) is 3.40. The summed E-state index contributed by atoms with van der Waals surface area (Å²) in [6.07, 6.45) is 2.83. The number of nitrogens with one attached hydrogen (secondary N) is 1. The van der Waals surface area contributed by atoms with Gasteiger partial charge in [0, 0.05) is 56.0 Å². The quantitative estimate of drug-likeness (QED) is 0.401. The predicted octanol–water partition coefficient (Wildman–Crippen LogP) is 4.77. The van der Waals surface area contributed by atoms with E-state index in [4.69, 9.17) is 9.72 Å². The zero-order chi connectivity index (χ0) is 22.3. The highest BCUT2D eigenvalue weighted by atomic mass is 32.1. The number of imidazole rings is 1. The molecule has 0 radical (unpaired) electrons. The summed E-state index contributed by atoms with van der Waals surface area (Å²) in [5, 5.41) is 5.14. The molecular weight excluding hydrogens is 420 g/mol. The molecule has 0 aliphatic carbocycles. The fourth-order valence-electron chi connectivity index (χ4n) is 3.52. The number of urea groups is 1. The minimum absolute atomic E-state index is 0.0802. The molecule has 2 amide bonds. The molecule has 0 bridgehead atoms. The van der Waals surface area contributed by atoms with Gasteiger partial charge in [-0.1, -0.05) is 60.2 Å². The molecule has 7 heteroatoms. The molecule has 0 atom stereocenters. The molecular formula is C25H28N4O2S. The lowest BCUT2D eigenvalue weighted by atomic mass is 10.1. The molecule has 0 fully saturated rings. The minimum atomic E-state index is -0.0802. The van der Waals surface area contributed by atoms with Crippen molar-refractivity contribution >= 4 is 22.3 Å². The molecule has 6 nitrogen and oxygen atoms in total. The van der Waals surface area contributed by atoms with E-state index in [1.807, 2.05) is 35.2 Å². The van der Waals surface area contributed by atoms with Gasteiger partial charge >= 0.3 is 6.03 Å². The van der Waals surface area contributed by atoms with Crippen LogP contribution in [0.15, 0.2) is 66.2 Å². The number of fused-ring (bicyclic) bond motifs is 1. The number of methoxy groups -OCH3 is 1. The first-order valence-corrected chi connectivity index (χ1v) is 11.6. The van der Waals surface area contributed by atoms with Crippen molar-refractivity contribution in [1.82, 2.24) is 19.6 Å². The minimum Gasteiger partial charge on any atom is -0.383 e. The third-order valence-electron chi connectivity index (χ3n) is 5.41. The first-order valence-electron chi connectivity index (χ1n) is 10.7. The highest BCUT2D eigenvalue weighted by Gasteiger charge is 2.15. The van der Waals surface area contributed by atoms with Gasteiger partial charge in [-0.2, -0.15) is 0 Å². The lowest BCUT2D eigenvalue weighted by Crippen LogP contribution is -2.42. The van der Waals surface area contributed by atoms with E-state index in [9.17, 15) is 4.79 Å². The van der Waals surface area contributed by atoms with Crippen LogP contribution in [-0.4, -0.2) is 47.1 Å². The average molecular weight is 449 g/mol. The zero-order valence-electron chi connectivity index (χ0n) is 18.5. The number of rotatable bonds is 9. The standard InChI is InChI=1S/C25H28N4O2S/c1-19-8-10-21(11-9-19)23-17-29-22(18-32-25(29)27-23)12-13-28(14-15-31-2)24(30)26-16-20-6-4-3-5-7-20/h3-11,17-18H,12-16H2,1-2H3,(H,26,30). The Balaban J connectivity index is 1.42. The van der Waals surface area contributed by atoms with Crippen molar-refractivity contribution in [2.75, 3.05) is 26.8 Å². The van der Waals surface area contributed by atoms with Crippen LogP contribution in [0.1, 0.15) is 16.8 Å². The summed E-state index contributed by atoms with van der Waals surface area (Å²) in [6.45, 7) is 4.24. The molecule has 32 heavy (non-hydrogen) atoms. The van der Waals surface area contributed by atoms with Gasteiger partial charge in [-0.3, -0.25) is 4.40 Å². The van der Waals surface area contributed by atoms with E-state index in [1.165, 1.54) is 5.56 Å². The van der Waals surface area contributed by atoms with Crippen LogP contribution in [0.5, 0.6) is 0 Å². The van der Waals surface area contributed by atoms with Crippen molar-refractivity contribution < 1.29 is 9.53 Å². The molecule has 0 saturated carbocycles. The van der Waals surface area contributed by atoms with Gasteiger partial charge in [0.2, 0.25) is 0 Å². The monoisotopic (exact) mass is 448 g/mol. The van der Waals surface area contributed by atoms with Crippen molar-refractivity contribution in [1.29, 1.82) is 0 Å². The van der Waals surface area contributed by atoms with Crippen LogP contribution in [0.25, 0.3) is 16.2 Å². The normalized spacial score (nSPS) is 11.1. The zero-order valence-corrected chi connectivity index (χ0v) is 19.3. The number of carbonyl (C=O) groups excluding carboxylic acids is 1. The Morgan fingerprint density at radius 1 is 1.12 bits per heavy atom. The molecule has 0 aliphatic rings. The molecule has 4 aromatic rings. The van der Waals surface area contributed by atoms with Crippen molar-refractivity contribution in [2.24, 2.45) is 0 Å². The number of nitrogens with zero attached hydrogens (tertiary/aromatic N) is 3. The van der Waals surface area contributed by atoms with Gasteiger partial charge in [0.05, 0.1) is 12.3 Å². The number of ether oxygens (including phenoxy) is 1. The number of hydrogen-bond donors (Lipinski definition) is 1. The fraction of sp³-hybridized carbons (Fsp3) is 0.280. The smallest absolute Gasteiger partial charge is 0.317 e. The van der Waals surface area contributed by atoms with E-state index in [0.717, 1.165) is 33.9 Å². The molecule has 0 saturated heterocycles. The van der Waals surface area contributed by atoms with Crippen molar-refractivity contribution in [2.45, 2.75) is 19.9 Å². The lowest BCUT2D eigenvalue weighted by Gasteiger charge is -2.22. The van der Waals surface area contributed by atoms with E-state index in [1.54, 1.807) is 18.4 Å². The number of carbonyl (C=O) groups is 1. The third-order valence-corrected chi connectivity index (χ3v) is 6.30. The van der Waals surface area contributed by atoms with E-state index in [-0.39, 0.29) is 6.03 Å². The maximum absolute atomic E-state index is 12.8. The van der Waals surface area contributed by atoms with Gasteiger partial charge in [-0.15, -0.1) is 11.3 Å². The predicted molar refractivity (Wildman–Crippen MR) is 129 cm³/mol. The van der Waals surface area contributed by atoms with Gasteiger partial charge in [0.15, 0.2) is 4.96 Å². The molecule has 166 valence electrons. The molecule has 4 rings (SSSR count). The van der Waals surface area contributed by atoms with Crippen molar-refractivity contribution in [3.63, 3.8) is 0 Å². The Hall–Kier alpha value is -3.16. The highest BCUT2D eigenvalue weighted by molar-refractivity contribution is 7.15. The molecule has 2 aromatic heterocycles. The summed E-state index contributed by atoms with van der Waals surface area (Å²) < 4.78 is 7.35. The van der Waals surface area contributed by atoms with E-state index in [0.29, 0.717) is 26.2 Å². The van der Waals surface area contributed by atoms with Crippen LogP contribution >= 0.6 is 11.3 Å². The topological polar surface area (TPSA) is 58.9 Å². The summed E-state index contributed by atoms with van der Waals surface area (Å²) in [7, 11) is 1.65. The van der Waals surface area contributed by atoms with E-state index in [2.05, 4.69) is 52.5 Å². The van der Waals surface area contributed by atoms with Crippen LogP contribution in [-0.2, 0) is 17.7 Å². The maximum atomic E-state index is 12.8. The molecule has 2 heterocycles. The highest BCUT2D eigenvalue weighted by Crippen LogP contribution is 2.24. The molecule has 0 spiro atoms. The molecule has 1 N–H and O–H groups in total. The number of hydrogen-bond acceptors (Lipinski definition) is 4. The van der Waals surface area contributed by atoms with Crippen LogP contribution in [0, 0.1) is 6.92 Å².